The SMILES string of the molecule is C[C@H]1CN(C(=O)[C@@H](NC(=O)N[C@H](C(=O)N2C[C@]3(C[C@H]2C(=O)NC(CC2CCC2)C(=O)C(N)=O)C(C)(C)C32CCC2)C(C)(C)C)C(C)(C)C)C[C@H](C)O1. The first-order valence-corrected chi connectivity index (χ1v) is 19.4. The highest BCUT2D eigenvalue weighted by Crippen LogP contribution is 2.88. The van der Waals surface area contributed by atoms with Gasteiger partial charge in [0.1, 0.15) is 18.1 Å². The summed E-state index contributed by atoms with van der Waals surface area (Å²) in [4.78, 5) is 85.2. The van der Waals surface area contributed by atoms with E-state index in [9.17, 15) is 28.8 Å². The molecule has 5 aliphatic rings. The van der Waals surface area contributed by atoms with Crippen molar-refractivity contribution in [3.05, 3.63) is 0 Å². The molecule has 5 rings (SSSR count). The molecule has 3 saturated carbocycles. The minimum absolute atomic E-state index is 0.0126. The third-order valence-electron chi connectivity index (χ3n) is 13.6. The van der Waals surface area contributed by atoms with Crippen molar-refractivity contribution in [1.29, 1.82) is 0 Å². The lowest BCUT2D eigenvalue weighted by atomic mass is 9.73. The van der Waals surface area contributed by atoms with Crippen molar-refractivity contribution >= 4 is 35.4 Å². The van der Waals surface area contributed by atoms with E-state index in [1.165, 1.54) is 0 Å². The fourth-order valence-corrected chi connectivity index (χ4v) is 10.1. The van der Waals surface area contributed by atoms with E-state index in [0.717, 1.165) is 38.5 Å². The molecule has 5 N–H and O–H groups in total. The maximum atomic E-state index is 14.9. The van der Waals surface area contributed by atoms with Gasteiger partial charge in [0.2, 0.25) is 23.5 Å². The van der Waals surface area contributed by atoms with E-state index < -0.39 is 64.5 Å². The highest BCUT2D eigenvalue weighted by Gasteiger charge is 2.85. The molecule has 2 heterocycles. The van der Waals surface area contributed by atoms with Gasteiger partial charge in [-0.1, -0.05) is 81.1 Å². The Bertz CT molecular complexity index is 1450. The summed E-state index contributed by atoms with van der Waals surface area (Å²) >= 11 is 0. The smallest absolute Gasteiger partial charge is 0.316 e. The standard InChI is InChI=1S/C39H64N6O7/c1-22-19-44(20-23(2)52-22)32(49)28(35(3,4)5)42-34(51)43-29(36(6,7)8)33(50)45-21-39(37(9,10)38(39)15-12-16-38)18-26(45)31(48)41-25(27(46)30(40)47)17-24-13-11-14-24/h22-26,28-29H,11-21H2,1-10H3,(H2,40,47)(H,41,48)(H2,42,43,51)/t22-,23-,25?,26-,28+,29+,39+/m0/s1. The normalized spacial score (nSPS) is 29.7. The van der Waals surface area contributed by atoms with Crippen LogP contribution in [0.5, 0.6) is 0 Å². The summed E-state index contributed by atoms with van der Waals surface area (Å²) < 4.78 is 5.83. The molecular weight excluding hydrogens is 664 g/mol. The number of primary amides is 1. The summed E-state index contributed by atoms with van der Waals surface area (Å²) in [5.74, 6) is -2.80. The molecule has 0 aromatic carbocycles. The van der Waals surface area contributed by atoms with E-state index in [2.05, 4.69) is 29.8 Å². The second-order valence-corrected chi connectivity index (χ2v) is 19.4. The number of hydrogen-bond donors (Lipinski definition) is 4. The van der Waals surface area contributed by atoms with Gasteiger partial charge in [0.25, 0.3) is 5.91 Å². The van der Waals surface area contributed by atoms with Crippen LogP contribution in [-0.2, 0) is 28.7 Å². The number of ketones is 1. The number of amides is 6. The third kappa shape index (κ3) is 7.07. The van der Waals surface area contributed by atoms with E-state index >= 15 is 0 Å². The zero-order valence-electron chi connectivity index (χ0n) is 33.1. The molecule has 2 saturated heterocycles. The van der Waals surface area contributed by atoms with Gasteiger partial charge in [-0.15, -0.1) is 0 Å². The second kappa shape index (κ2) is 13.9. The Morgan fingerprint density at radius 3 is 1.77 bits per heavy atom. The summed E-state index contributed by atoms with van der Waals surface area (Å²) in [7, 11) is 0. The van der Waals surface area contributed by atoms with Crippen LogP contribution in [0.25, 0.3) is 0 Å². The fraction of sp³-hybridized carbons (Fsp3) is 0.846. The molecule has 5 fully saturated rings. The highest BCUT2D eigenvalue weighted by atomic mass is 16.5. The molecule has 292 valence electrons. The number of hydrogen-bond acceptors (Lipinski definition) is 7. The predicted octanol–water partition coefficient (Wildman–Crippen LogP) is 3.28. The molecule has 13 heteroatoms. The minimum atomic E-state index is -1.09. The molecule has 0 bridgehead atoms. The number of morpholine rings is 1. The molecule has 2 spiro atoms. The largest absolute Gasteiger partial charge is 0.372 e. The first kappa shape index (κ1) is 40.0. The lowest BCUT2D eigenvalue weighted by molar-refractivity contribution is -0.147. The number of ether oxygens (including phenoxy) is 1. The van der Waals surface area contributed by atoms with Gasteiger partial charge in [0.05, 0.1) is 18.2 Å². The first-order valence-electron chi connectivity index (χ1n) is 19.4. The van der Waals surface area contributed by atoms with E-state index in [-0.39, 0.29) is 40.3 Å². The van der Waals surface area contributed by atoms with Gasteiger partial charge in [0.15, 0.2) is 0 Å². The predicted molar refractivity (Wildman–Crippen MR) is 195 cm³/mol. The van der Waals surface area contributed by atoms with Crippen LogP contribution in [0.1, 0.15) is 121 Å². The molecule has 6 amide bonds. The molecule has 1 unspecified atom stereocenters. The topological polar surface area (TPSA) is 180 Å². The van der Waals surface area contributed by atoms with Crippen molar-refractivity contribution in [2.45, 2.75) is 157 Å². The van der Waals surface area contributed by atoms with Gasteiger partial charge in [-0.25, -0.2) is 4.79 Å². The first-order chi connectivity index (χ1) is 24.0. The van der Waals surface area contributed by atoms with Crippen molar-refractivity contribution in [2.24, 2.45) is 38.7 Å². The number of rotatable bonds is 10. The number of Topliss-reactive ketones (excluding diaryl/α,β-unsaturated/α-hetero) is 1. The third-order valence-corrected chi connectivity index (χ3v) is 13.6. The molecule has 3 aliphatic carbocycles. The van der Waals surface area contributed by atoms with Crippen molar-refractivity contribution in [3.8, 4) is 0 Å². The van der Waals surface area contributed by atoms with E-state index in [4.69, 9.17) is 10.5 Å². The number of nitrogens with two attached hydrogens (primary N) is 1. The van der Waals surface area contributed by atoms with Crippen LogP contribution in [0.2, 0.25) is 0 Å². The lowest BCUT2D eigenvalue weighted by Gasteiger charge is -2.41. The summed E-state index contributed by atoms with van der Waals surface area (Å²) in [5, 5.41) is 8.68. The Labute approximate surface area is 309 Å². The van der Waals surface area contributed by atoms with Crippen LogP contribution in [0.3, 0.4) is 0 Å². The van der Waals surface area contributed by atoms with Crippen LogP contribution >= 0.6 is 0 Å². The summed E-state index contributed by atoms with van der Waals surface area (Å²) in [5.41, 5.74) is 3.60. The lowest BCUT2D eigenvalue weighted by Crippen LogP contribution is -2.63. The number of nitrogens with zero attached hydrogens (tertiary/aromatic N) is 2. The zero-order valence-corrected chi connectivity index (χ0v) is 33.1. The summed E-state index contributed by atoms with van der Waals surface area (Å²) in [6.07, 6.45) is 6.48. The summed E-state index contributed by atoms with van der Waals surface area (Å²) in [6.45, 7) is 20.7. The zero-order chi connectivity index (χ0) is 38.8. The Kier molecular flexibility index (Phi) is 10.7. The number of nitrogens with one attached hydrogen (secondary N) is 3. The Hall–Kier alpha value is -3.22. The average molecular weight is 729 g/mol. The minimum Gasteiger partial charge on any atom is -0.372 e. The van der Waals surface area contributed by atoms with Crippen molar-refractivity contribution < 1.29 is 33.5 Å². The number of urea groups is 1. The Morgan fingerprint density at radius 1 is 0.808 bits per heavy atom. The Morgan fingerprint density at radius 2 is 1.35 bits per heavy atom. The van der Waals surface area contributed by atoms with Gasteiger partial charge in [0, 0.05) is 25.0 Å². The molecule has 13 nitrogen and oxygen atoms in total. The van der Waals surface area contributed by atoms with Crippen molar-refractivity contribution in [2.75, 3.05) is 19.6 Å². The molecule has 7 atom stereocenters. The van der Waals surface area contributed by atoms with E-state index in [0.29, 0.717) is 32.5 Å². The molecule has 0 aromatic rings. The van der Waals surface area contributed by atoms with Gasteiger partial charge in [-0.05, 0) is 67.1 Å². The van der Waals surface area contributed by atoms with Crippen LogP contribution in [0, 0.1) is 33.0 Å². The number of carbonyl (C=O) groups excluding carboxylic acids is 6. The number of likely N-dealkylation sites (tertiary alicyclic amines) is 1. The molecule has 52 heavy (non-hydrogen) atoms. The fourth-order valence-electron chi connectivity index (χ4n) is 10.1. The highest BCUT2D eigenvalue weighted by molar-refractivity contribution is 6.37. The van der Waals surface area contributed by atoms with E-state index in [1.54, 1.807) is 9.80 Å². The van der Waals surface area contributed by atoms with Crippen LogP contribution < -0.4 is 21.7 Å². The molecule has 0 radical (unpaired) electrons. The molecule has 2 aliphatic heterocycles. The summed E-state index contributed by atoms with van der Waals surface area (Å²) in [6, 6.07) is -4.54. The number of carbonyl (C=O) groups is 6. The van der Waals surface area contributed by atoms with Crippen LogP contribution in [0.4, 0.5) is 4.79 Å². The van der Waals surface area contributed by atoms with Gasteiger partial charge >= 0.3 is 6.03 Å². The van der Waals surface area contributed by atoms with Gasteiger partial charge in [-0.2, -0.15) is 0 Å². The van der Waals surface area contributed by atoms with Crippen LogP contribution in [0.15, 0.2) is 0 Å². The molecular formula is C39H64N6O7. The molecule has 0 aromatic heterocycles. The number of fused-ring (bicyclic) bond motifs is 1. The maximum absolute atomic E-state index is 14.9. The average Bonchev–Trinajstić information content (AvgIpc) is 3.19. The van der Waals surface area contributed by atoms with Gasteiger partial charge in [-0.3, -0.25) is 24.0 Å². The van der Waals surface area contributed by atoms with Crippen molar-refractivity contribution in [1.82, 2.24) is 25.8 Å². The maximum Gasteiger partial charge on any atom is 0.316 e. The van der Waals surface area contributed by atoms with Gasteiger partial charge < -0.3 is 36.2 Å². The van der Waals surface area contributed by atoms with Crippen molar-refractivity contribution in [3.63, 3.8) is 0 Å². The Balaban J connectivity index is 1.39. The van der Waals surface area contributed by atoms with Crippen LogP contribution in [-0.4, -0.2) is 101 Å². The van der Waals surface area contributed by atoms with E-state index in [1.807, 2.05) is 55.4 Å². The monoisotopic (exact) mass is 728 g/mol. The quantitative estimate of drug-likeness (QED) is 0.249. The second-order valence-electron chi connectivity index (χ2n) is 19.4.